The molecule has 0 bridgehead atoms. The summed E-state index contributed by atoms with van der Waals surface area (Å²) in [5.74, 6) is 0. The highest BCUT2D eigenvalue weighted by Gasteiger charge is 2.24. The van der Waals surface area contributed by atoms with E-state index in [1.165, 1.54) is 46.1 Å². The van der Waals surface area contributed by atoms with Crippen molar-refractivity contribution in [3.63, 3.8) is 0 Å². The van der Waals surface area contributed by atoms with Crippen LogP contribution in [0.4, 0.5) is 0 Å². The summed E-state index contributed by atoms with van der Waals surface area (Å²) in [7, 11) is 4.47. The first-order chi connectivity index (χ1) is 12.9. The molecule has 0 radical (unpaired) electrons. The Hall–Kier alpha value is -2.13. The van der Waals surface area contributed by atoms with Crippen molar-refractivity contribution >= 4 is 10.9 Å². The molecule has 1 aromatic carbocycles. The lowest BCUT2D eigenvalue weighted by Gasteiger charge is -2.23. The van der Waals surface area contributed by atoms with Crippen molar-refractivity contribution in [1.29, 1.82) is 0 Å². The van der Waals surface area contributed by atoms with E-state index in [4.69, 9.17) is 0 Å². The quantitative estimate of drug-likeness (QED) is 0.524. The van der Waals surface area contributed by atoms with Crippen LogP contribution in [-0.2, 0) is 20.0 Å². The van der Waals surface area contributed by atoms with Gasteiger partial charge in [0.25, 0.3) is 0 Å². The second kappa shape index (κ2) is 9.18. The number of nitrogens with zero attached hydrogens (tertiary/aromatic N) is 3. The van der Waals surface area contributed by atoms with Gasteiger partial charge in [-0.2, -0.15) is 0 Å². The molecular weight excluding hydrogens is 330 g/mol. The molecule has 3 heterocycles. The van der Waals surface area contributed by atoms with Crippen LogP contribution in [0, 0.1) is 27.7 Å². The molecule has 0 unspecified atom stereocenters. The largest absolute Gasteiger partial charge is 0.347 e. The zero-order valence-electron chi connectivity index (χ0n) is 18.3. The molecular formula is C24H35N3. The predicted octanol–water partition coefficient (Wildman–Crippen LogP) is 5.51. The van der Waals surface area contributed by atoms with Crippen molar-refractivity contribution in [1.82, 2.24) is 14.5 Å². The molecule has 0 atom stereocenters. The standard InChI is InChI=1S/C17H24N2.C5H5N.C2H6/c1-10-11(2)13(4)17-16(12(10)3)14-9-18(5)8-7-15(14)19(17)6;1-2-4-6-5-3-1;1-2/h7-9H2,1-6H3;1-5H;1-2H3. The van der Waals surface area contributed by atoms with Crippen LogP contribution in [0.5, 0.6) is 0 Å². The summed E-state index contributed by atoms with van der Waals surface area (Å²) in [5.41, 5.74) is 10.4. The number of likely N-dealkylation sites (N-methyl/N-ethyl adjacent to an activating group) is 1. The average molecular weight is 366 g/mol. The monoisotopic (exact) mass is 365 g/mol. The van der Waals surface area contributed by atoms with Crippen LogP contribution < -0.4 is 0 Å². The SMILES string of the molecule is CC.Cc1c(C)c(C)c2c(c1C)c1c(n2C)CCN(C)C1.c1ccncc1. The molecule has 1 aliphatic rings. The van der Waals surface area contributed by atoms with Gasteiger partial charge in [-0.3, -0.25) is 4.98 Å². The van der Waals surface area contributed by atoms with E-state index in [-0.39, 0.29) is 0 Å². The number of aromatic nitrogens is 2. The first kappa shape index (κ1) is 21.2. The summed E-state index contributed by atoms with van der Waals surface area (Å²) in [6.45, 7) is 15.4. The van der Waals surface area contributed by atoms with E-state index in [0.717, 1.165) is 6.54 Å². The van der Waals surface area contributed by atoms with Gasteiger partial charge in [0.15, 0.2) is 0 Å². The zero-order valence-corrected chi connectivity index (χ0v) is 18.3. The summed E-state index contributed by atoms with van der Waals surface area (Å²) in [6.07, 6.45) is 4.67. The molecule has 0 aliphatic carbocycles. The highest BCUT2D eigenvalue weighted by atomic mass is 15.1. The highest BCUT2D eigenvalue weighted by Crippen LogP contribution is 2.36. The number of benzene rings is 1. The third-order valence-corrected chi connectivity index (χ3v) is 5.77. The van der Waals surface area contributed by atoms with Gasteiger partial charge in [0.2, 0.25) is 0 Å². The molecule has 4 rings (SSSR count). The van der Waals surface area contributed by atoms with E-state index >= 15 is 0 Å². The lowest BCUT2D eigenvalue weighted by molar-refractivity contribution is 0.310. The summed E-state index contributed by atoms with van der Waals surface area (Å²) >= 11 is 0. The van der Waals surface area contributed by atoms with Crippen LogP contribution in [0.15, 0.2) is 30.6 Å². The van der Waals surface area contributed by atoms with E-state index in [2.05, 4.69) is 56.2 Å². The topological polar surface area (TPSA) is 21.1 Å². The molecule has 1 aliphatic heterocycles. The Bertz CT molecular complexity index is 865. The zero-order chi connectivity index (χ0) is 20.1. The third kappa shape index (κ3) is 4.08. The Morgan fingerprint density at radius 1 is 0.815 bits per heavy atom. The van der Waals surface area contributed by atoms with Crippen LogP contribution in [0.25, 0.3) is 10.9 Å². The number of pyridine rings is 1. The van der Waals surface area contributed by atoms with E-state index in [9.17, 15) is 0 Å². The van der Waals surface area contributed by atoms with Gasteiger partial charge in [-0.25, -0.2) is 0 Å². The predicted molar refractivity (Wildman–Crippen MR) is 117 cm³/mol. The third-order valence-electron chi connectivity index (χ3n) is 5.77. The molecule has 2 aromatic heterocycles. The Morgan fingerprint density at radius 2 is 1.41 bits per heavy atom. The number of fused-ring (bicyclic) bond motifs is 3. The number of hydrogen-bond donors (Lipinski definition) is 0. The van der Waals surface area contributed by atoms with Gasteiger partial charge >= 0.3 is 0 Å². The van der Waals surface area contributed by atoms with Crippen molar-refractivity contribution in [2.24, 2.45) is 7.05 Å². The smallest absolute Gasteiger partial charge is 0.0518 e. The molecule has 3 heteroatoms. The fraction of sp³-hybridized carbons (Fsp3) is 0.458. The minimum absolute atomic E-state index is 1.09. The first-order valence-electron chi connectivity index (χ1n) is 10.0. The van der Waals surface area contributed by atoms with Gasteiger partial charge in [0.1, 0.15) is 0 Å². The minimum Gasteiger partial charge on any atom is -0.347 e. The molecule has 0 amide bonds. The molecule has 0 saturated carbocycles. The molecule has 27 heavy (non-hydrogen) atoms. The van der Waals surface area contributed by atoms with E-state index in [1.54, 1.807) is 23.7 Å². The second-order valence-electron chi connectivity index (χ2n) is 7.22. The number of hydrogen-bond acceptors (Lipinski definition) is 2. The number of aryl methyl sites for hydroxylation is 3. The van der Waals surface area contributed by atoms with E-state index < -0.39 is 0 Å². The van der Waals surface area contributed by atoms with Crippen LogP contribution in [0.3, 0.4) is 0 Å². The Kier molecular flexibility index (Phi) is 7.20. The maximum absolute atomic E-state index is 3.78. The maximum Gasteiger partial charge on any atom is 0.0518 e. The lowest BCUT2D eigenvalue weighted by atomic mass is 9.92. The van der Waals surface area contributed by atoms with Gasteiger partial charge in [0, 0.05) is 50.0 Å². The van der Waals surface area contributed by atoms with Crippen molar-refractivity contribution in [2.75, 3.05) is 13.6 Å². The summed E-state index contributed by atoms with van der Waals surface area (Å²) in [6, 6.07) is 5.72. The van der Waals surface area contributed by atoms with Crippen molar-refractivity contribution in [3.8, 4) is 0 Å². The lowest BCUT2D eigenvalue weighted by Crippen LogP contribution is -2.27. The fourth-order valence-corrected chi connectivity index (χ4v) is 4.01. The molecule has 0 fully saturated rings. The molecule has 146 valence electrons. The van der Waals surface area contributed by atoms with Crippen LogP contribution in [0.1, 0.15) is 47.4 Å². The maximum atomic E-state index is 3.78. The van der Waals surface area contributed by atoms with Gasteiger partial charge < -0.3 is 9.47 Å². The minimum atomic E-state index is 1.09. The van der Waals surface area contributed by atoms with Crippen LogP contribution in [0.2, 0.25) is 0 Å². The molecule has 3 nitrogen and oxygen atoms in total. The van der Waals surface area contributed by atoms with Gasteiger partial charge in [-0.1, -0.05) is 19.9 Å². The Morgan fingerprint density at radius 3 is 1.93 bits per heavy atom. The van der Waals surface area contributed by atoms with Crippen LogP contribution in [-0.4, -0.2) is 28.0 Å². The molecule has 0 N–H and O–H groups in total. The average Bonchev–Trinajstić information content (AvgIpc) is 3.00. The van der Waals surface area contributed by atoms with Crippen molar-refractivity contribution in [3.05, 3.63) is 64.1 Å². The van der Waals surface area contributed by atoms with Crippen molar-refractivity contribution < 1.29 is 0 Å². The highest BCUT2D eigenvalue weighted by molar-refractivity contribution is 5.93. The molecule has 0 saturated heterocycles. The summed E-state index contributed by atoms with van der Waals surface area (Å²) in [4.78, 5) is 6.22. The van der Waals surface area contributed by atoms with E-state index in [0.29, 0.717) is 0 Å². The summed E-state index contributed by atoms with van der Waals surface area (Å²) < 4.78 is 2.45. The van der Waals surface area contributed by atoms with E-state index in [1.807, 2.05) is 32.0 Å². The normalized spacial score (nSPS) is 13.3. The van der Waals surface area contributed by atoms with Crippen molar-refractivity contribution in [2.45, 2.75) is 54.5 Å². The fourth-order valence-electron chi connectivity index (χ4n) is 4.01. The summed E-state index contributed by atoms with van der Waals surface area (Å²) in [5, 5.41) is 1.52. The number of rotatable bonds is 0. The van der Waals surface area contributed by atoms with Gasteiger partial charge in [0.05, 0.1) is 5.52 Å². The first-order valence-corrected chi connectivity index (χ1v) is 10.0. The Labute approximate surface area is 165 Å². The van der Waals surface area contributed by atoms with Gasteiger partial charge in [-0.15, -0.1) is 0 Å². The Balaban J connectivity index is 0.000000275. The molecule has 0 spiro atoms. The van der Waals surface area contributed by atoms with Crippen LogP contribution >= 0.6 is 0 Å². The second-order valence-corrected chi connectivity index (χ2v) is 7.22. The molecule has 3 aromatic rings. The van der Waals surface area contributed by atoms with Gasteiger partial charge in [-0.05, 0) is 74.7 Å².